The number of hydrogen-bond donors (Lipinski definition) is 1. The van der Waals surface area contributed by atoms with E-state index < -0.39 is 0 Å². The summed E-state index contributed by atoms with van der Waals surface area (Å²) in [7, 11) is 0. The fourth-order valence-electron chi connectivity index (χ4n) is 1.42. The first-order chi connectivity index (χ1) is 6.36. The molecule has 70 valence electrons. The molecule has 1 aromatic rings. The van der Waals surface area contributed by atoms with Crippen LogP contribution >= 0.6 is 0 Å². The summed E-state index contributed by atoms with van der Waals surface area (Å²) < 4.78 is 5.53. The lowest BCUT2D eigenvalue weighted by molar-refractivity contribution is -0.103. The van der Waals surface area contributed by atoms with Crippen molar-refractivity contribution in [1.82, 2.24) is 0 Å². The highest BCUT2D eigenvalue weighted by molar-refractivity contribution is 5.13. The van der Waals surface area contributed by atoms with Crippen LogP contribution in [0.1, 0.15) is 18.4 Å². The van der Waals surface area contributed by atoms with Crippen molar-refractivity contribution >= 4 is 0 Å². The molecule has 0 aliphatic heterocycles. The Bertz CT molecular complexity index is 258. The van der Waals surface area contributed by atoms with Crippen molar-refractivity contribution in [3.63, 3.8) is 0 Å². The van der Waals surface area contributed by atoms with E-state index in [1.807, 2.05) is 30.3 Å². The van der Waals surface area contributed by atoms with Gasteiger partial charge in [-0.2, -0.15) is 0 Å². The molecule has 1 aliphatic carbocycles. The predicted octanol–water partition coefficient (Wildman–Crippen LogP) is 1.73. The van der Waals surface area contributed by atoms with Gasteiger partial charge in [0.05, 0.1) is 18.8 Å². The summed E-state index contributed by atoms with van der Waals surface area (Å²) in [6, 6.07) is 10.0. The zero-order valence-electron chi connectivity index (χ0n) is 7.52. The van der Waals surface area contributed by atoms with Crippen LogP contribution in [0.25, 0.3) is 0 Å². The molecule has 0 saturated heterocycles. The molecule has 0 heterocycles. The molecular formula is C11H14O2. The average molecular weight is 178 g/mol. The maximum Gasteiger partial charge on any atom is 0.0839 e. The van der Waals surface area contributed by atoms with Crippen LogP contribution in [0.4, 0.5) is 0 Å². The number of benzene rings is 1. The summed E-state index contributed by atoms with van der Waals surface area (Å²) in [6.45, 7) is 0.614. The molecule has 0 spiro atoms. The van der Waals surface area contributed by atoms with E-state index >= 15 is 0 Å². The van der Waals surface area contributed by atoms with E-state index in [0.717, 1.165) is 12.8 Å². The zero-order valence-corrected chi connectivity index (χ0v) is 7.52. The van der Waals surface area contributed by atoms with E-state index in [2.05, 4.69) is 0 Å². The Hall–Kier alpha value is -0.860. The Kier molecular flexibility index (Phi) is 2.62. The number of rotatable bonds is 3. The molecular weight excluding hydrogens is 164 g/mol. The molecule has 1 N–H and O–H groups in total. The molecule has 2 heteroatoms. The monoisotopic (exact) mass is 178 g/mol. The summed E-state index contributed by atoms with van der Waals surface area (Å²) in [5.41, 5.74) is 1.17. The molecule has 1 aromatic carbocycles. The lowest BCUT2D eigenvalue weighted by Crippen LogP contribution is -2.38. The largest absolute Gasteiger partial charge is 0.390 e. The summed E-state index contributed by atoms with van der Waals surface area (Å²) in [6.07, 6.45) is 1.72. The quantitative estimate of drug-likeness (QED) is 0.763. The maximum atomic E-state index is 9.26. The lowest BCUT2D eigenvalue weighted by atomic mass is 9.92. The maximum absolute atomic E-state index is 9.26. The number of aliphatic hydroxyl groups is 1. The van der Waals surface area contributed by atoms with E-state index in [-0.39, 0.29) is 12.2 Å². The Balaban J connectivity index is 1.80. The second-order valence-electron chi connectivity index (χ2n) is 3.48. The van der Waals surface area contributed by atoms with Gasteiger partial charge in [0.25, 0.3) is 0 Å². The van der Waals surface area contributed by atoms with Gasteiger partial charge in [-0.1, -0.05) is 30.3 Å². The van der Waals surface area contributed by atoms with Crippen molar-refractivity contribution in [1.29, 1.82) is 0 Å². The van der Waals surface area contributed by atoms with Crippen molar-refractivity contribution in [2.45, 2.75) is 31.7 Å². The van der Waals surface area contributed by atoms with Crippen LogP contribution in [-0.2, 0) is 11.3 Å². The highest BCUT2D eigenvalue weighted by Crippen LogP contribution is 2.23. The van der Waals surface area contributed by atoms with E-state index in [1.54, 1.807) is 0 Å². The normalized spacial score (nSPS) is 26.8. The van der Waals surface area contributed by atoms with E-state index in [1.165, 1.54) is 5.56 Å². The van der Waals surface area contributed by atoms with E-state index in [9.17, 15) is 5.11 Å². The lowest BCUT2D eigenvalue weighted by Gasteiger charge is -2.32. The van der Waals surface area contributed by atoms with Crippen LogP contribution in [0.2, 0.25) is 0 Å². The van der Waals surface area contributed by atoms with Gasteiger partial charge in [0.1, 0.15) is 0 Å². The third-order valence-electron chi connectivity index (χ3n) is 2.48. The van der Waals surface area contributed by atoms with Crippen molar-refractivity contribution < 1.29 is 9.84 Å². The molecule has 2 atom stereocenters. The molecule has 13 heavy (non-hydrogen) atoms. The third kappa shape index (κ3) is 2.08. The van der Waals surface area contributed by atoms with Crippen LogP contribution in [0.3, 0.4) is 0 Å². The van der Waals surface area contributed by atoms with Crippen molar-refractivity contribution in [3.05, 3.63) is 35.9 Å². The van der Waals surface area contributed by atoms with Gasteiger partial charge in [-0.3, -0.25) is 0 Å². The minimum absolute atomic E-state index is 0.0696. The second kappa shape index (κ2) is 3.90. The van der Waals surface area contributed by atoms with Gasteiger partial charge < -0.3 is 9.84 Å². The first-order valence-corrected chi connectivity index (χ1v) is 4.70. The number of aliphatic hydroxyl groups excluding tert-OH is 1. The molecule has 1 aliphatic rings. The standard InChI is InChI=1S/C11H14O2/c12-10-6-7-11(10)13-8-9-4-2-1-3-5-9/h1-5,10-12H,6-8H2/t10-,11?/m0/s1. The molecule has 0 amide bonds. The number of ether oxygens (including phenoxy) is 1. The minimum Gasteiger partial charge on any atom is -0.390 e. The van der Waals surface area contributed by atoms with Crippen molar-refractivity contribution in [2.24, 2.45) is 0 Å². The molecule has 1 saturated carbocycles. The Morgan fingerprint density at radius 3 is 2.54 bits per heavy atom. The first kappa shape index (κ1) is 8.73. The van der Waals surface area contributed by atoms with Gasteiger partial charge in [-0.15, -0.1) is 0 Å². The summed E-state index contributed by atoms with van der Waals surface area (Å²) in [5.74, 6) is 0. The third-order valence-corrected chi connectivity index (χ3v) is 2.48. The Labute approximate surface area is 78.2 Å². The highest BCUT2D eigenvalue weighted by Gasteiger charge is 2.29. The van der Waals surface area contributed by atoms with Crippen LogP contribution < -0.4 is 0 Å². The summed E-state index contributed by atoms with van der Waals surface area (Å²) in [4.78, 5) is 0. The molecule has 1 unspecified atom stereocenters. The molecule has 0 aromatic heterocycles. The van der Waals surface area contributed by atoms with Crippen LogP contribution in [0.15, 0.2) is 30.3 Å². The topological polar surface area (TPSA) is 29.5 Å². The predicted molar refractivity (Wildman–Crippen MR) is 50.3 cm³/mol. The average Bonchev–Trinajstić information content (AvgIpc) is 2.17. The van der Waals surface area contributed by atoms with Gasteiger partial charge in [-0.05, 0) is 18.4 Å². The molecule has 0 bridgehead atoms. The smallest absolute Gasteiger partial charge is 0.0839 e. The zero-order chi connectivity index (χ0) is 9.10. The Morgan fingerprint density at radius 2 is 2.00 bits per heavy atom. The summed E-state index contributed by atoms with van der Waals surface area (Å²) in [5, 5.41) is 9.26. The minimum atomic E-state index is -0.233. The fraction of sp³-hybridized carbons (Fsp3) is 0.455. The van der Waals surface area contributed by atoms with Gasteiger partial charge in [0.2, 0.25) is 0 Å². The fourth-order valence-corrected chi connectivity index (χ4v) is 1.42. The van der Waals surface area contributed by atoms with Crippen molar-refractivity contribution in [2.75, 3.05) is 0 Å². The van der Waals surface area contributed by atoms with Crippen molar-refractivity contribution in [3.8, 4) is 0 Å². The molecule has 2 rings (SSSR count). The van der Waals surface area contributed by atoms with Crippen LogP contribution in [0.5, 0.6) is 0 Å². The van der Waals surface area contributed by atoms with E-state index in [0.29, 0.717) is 6.61 Å². The van der Waals surface area contributed by atoms with E-state index in [4.69, 9.17) is 4.74 Å². The molecule has 2 nitrogen and oxygen atoms in total. The van der Waals surface area contributed by atoms with Crippen LogP contribution in [0, 0.1) is 0 Å². The first-order valence-electron chi connectivity index (χ1n) is 4.70. The molecule has 1 fully saturated rings. The van der Waals surface area contributed by atoms with Gasteiger partial charge in [-0.25, -0.2) is 0 Å². The SMILES string of the molecule is O[C@H]1CCC1OCc1ccccc1. The van der Waals surface area contributed by atoms with Gasteiger partial charge in [0, 0.05) is 0 Å². The summed E-state index contributed by atoms with van der Waals surface area (Å²) >= 11 is 0. The second-order valence-corrected chi connectivity index (χ2v) is 3.48. The van der Waals surface area contributed by atoms with Crippen LogP contribution in [-0.4, -0.2) is 17.3 Å². The van der Waals surface area contributed by atoms with Gasteiger partial charge >= 0.3 is 0 Å². The number of hydrogen-bond acceptors (Lipinski definition) is 2. The van der Waals surface area contributed by atoms with Gasteiger partial charge in [0.15, 0.2) is 0 Å². The molecule has 0 radical (unpaired) electrons. The Morgan fingerprint density at radius 1 is 1.23 bits per heavy atom. The highest BCUT2D eigenvalue weighted by atomic mass is 16.5.